The Morgan fingerprint density at radius 1 is 1.23 bits per heavy atom. The number of hydrogen-bond acceptors (Lipinski definition) is 5. The number of cyclic esters (lactones) is 1. The van der Waals surface area contributed by atoms with Gasteiger partial charge in [0.05, 0.1) is 5.41 Å². The van der Waals surface area contributed by atoms with Crippen LogP contribution in [-0.4, -0.2) is 55.8 Å². The molecule has 3 aliphatic rings. The van der Waals surface area contributed by atoms with Crippen LogP contribution >= 0.6 is 0 Å². The third-order valence-electron chi connectivity index (χ3n) is 6.27. The topological polar surface area (TPSA) is 50.8 Å². The van der Waals surface area contributed by atoms with Gasteiger partial charge in [-0.15, -0.1) is 0 Å². The van der Waals surface area contributed by atoms with Gasteiger partial charge in [0.1, 0.15) is 18.0 Å². The summed E-state index contributed by atoms with van der Waals surface area (Å²) in [7, 11) is 0. The fourth-order valence-electron chi connectivity index (χ4n) is 4.62. The second-order valence-electron chi connectivity index (χ2n) is 8.15. The van der Waals surface area contributed by atoms with Crippen LogP contribution in [0, 0.1) is 12.3 Å². The monoisotopic (exact) mass is 358 g/mol. The number of carbonyl (C=O) groups excluding carboxylic acids is 1. The van der Waals surface area contributed by atoms with Crippen LogP contribution in [0.5, 0.6) is 5.75 Å². The number of likely N-dealkylation sites (tertiary alicyclic amines) is 1. The van der Waals surface area contributed by atoms with Crippen LogP contribution in [0.3, 0.4) is 0 Å². The molecule has 1 N–H and O–H groups in total. The molecule has 1 atom stereocenters. The molecular formula is C21H30N2O3. The number of piperidine rings is 2. The Morgan fingerprint density at radius 3 is 2.69 bits per heavy atom. The zero-order valence-electron chi connectivity index (χ0n) is 15.7. The quantitative estimate of drug-likeness (QED) is 0.838. The summed E-state index contributed by atoms with van der Waals surface area (Å²) < 4.78 is 11.9. The first-order valence-corrected chi connectivity index (χ1v) is 10.0. The first kappa shape index (κ1) is 17.8. The number of carbonyl (C=O) groups is 1. The van der Waals surface area contributed by atoms with Crippen molar-refractivity contribution in [1.82, 2.24) is 10.2 Å². The zero-order valence-corrected chi connectivity index (χ0v) is 15.7. The van der Waals surface area contributed by atoms with Crippen LogP contribution in [0.1, 0.15) is 37.7 Å². The lowest BCUT2D eigenvalue weighted by molar-refractivity contribution is -0.150. The summed E-state index contributed by atoms with van der Waals surface area (Å²) >= 11 is 0. The summed E-state index contributed by atoms with van der Waals surface area (Å²) in [5.41, 5.74) is 0.988. The van der Waals surface area contributed by atoms with Crippen molar-refractivity contribution >= 4 is 5.97 Å². The van der Waals surface area contributed by atoms with Crippen LogP contribution in [-0.2, 0) is 9.53 Å². The van der Waals surface area contributed by atoms with E-state index in [1.165, 1.54) is 5.56 Å². The second-order valence-corrected chi connectivity index (χ2v) is 8.15. The minimum atomic E-state index is -0.206. The Morgan fingerprint density at radius 2 is 1.96 bits per heavy atom. The fraction of sp³-hybridized carbons (Fsp3) is 0.667. The molecule has 1 aromatic carbocycles. The van der Waals surface area contributed by atoms with Gasteiger partial charge in [-0.3, -0.25) is 9.69 Å². The Kier molecular flexibility index (Phi) is 5.18. The van der Waals surface area contributed by atoms with Gasteiger partial charge in [0.2, 0.25) is 0 Å². The Balaban J connectivity index is 1.25. The number of benzene rings is 1. The average molecular weight is 358 g/mol. The van der Waals surface area contributed by atoms with E-state index in [1.54, 1.807) is 0 Å². The molecule has 142 valence electrons. The van der Waals surface area contributed by atoms with E-state index in [0.717, 1.165) is 70.6 Å². The van der Waals surface area contributed by atoms with Crippen molar-refractivity contribution in [1.29, 1.82) is 0 Å². The standard InChI is InChI=1S/C21H30N2O3/c1-16-4-2-3-5-19(16)25-17-6-12-23(13-7-17)15-18-14-21(20(24)26-18)8-10-22-11-9-21/h2-5,17-18,22H,6-15H2,1H3. The Labute approximate surface area is 156 Å². The lowest BCUT2D eigenvalue weighted by Crippen LogP contribution is -2.42. The van der Waals surface area contributed by atoms with Gasteiger partial charge in [-0.1, -0.05) is 18.2 Å². The normalized spacial score (nSPS) is 26.8. The molecule has 4 rings (SSSR count). The molecular weight excluding hydrogens is 328 g/mol. The third-order valence-corrected chi connectivity index (χ3v) is 6.27. The molecule has 1 spiro atoms. The lowest BCUT2D eigenvalue weighted by Gasteiger charge is -2.33. The summed E-state index contributed by atoms with van der Waals surface area (Å²) in [4.78, 5) is 14.8. The van der Waals surface area contributed by atoms with Gasteiger partial charge in [0.15, 0.2) is 0 Å². The molecule has 3 saturated heterocycles. The van der Waals surface area contributed by atoms with Crippen molar-refractivity contribution in [3.63, 3.8) is 0 Å². The maximum atomic E-state index is 12.4. The first-order chi connectivity index (χ1) is 12.6. The second kappa shape index (κ2) is 7.57. The maximum Gasteiger partial charge on any atom is 0.312 e. The van der Waals surface area contributed by atoms with E-state index >= 15 is 0 Å². The molecule has 5 nitrogen and oxygen atoms in total. The van der Waals surface area contributed by atoms with Crippen LogP contribution in [0.15, 0.2) is 24.3 Å². The summed E-state index contributed by atoms with van der Waals surface area (Å²) in [5, 5.41) is 3.35. The first-order valence-electron chi connectivity index (χ1n) is 10.0. The molecule has 3 aliphatic heterocycles. The molecule has 1 aromatic rings. The number of nitrogens with one attached hydrogen (secondary N) is 1. The predicted octanol–water partition coefficient (Wildman–Crippen LogP) is 2.52. The van der Waals surface area contributed by atoms with E-state index in [0.29, 0.717) is 0 Å². The largest absolute Gasteiger partial charge is 0.490 e. The van der Waals surface area contributed by atoms with E-state index in [2.05, 4.69) is 29.3 Å². The maximum absolute atomic E-state index is 12.4. The summed E-state index contributed by atoms with van der Waals surface area (Å²) in [6.45, 7) is 6.86. The van der Waals surface area contributed by atoms with Gasteiger partial charge >= 0.3 is 5.97 Å². The number of rotatable bonds is 4. The summed E-state index contributed by atoms with van der Waals surface area (Å²) in [6.07, 6.45) is 5.16. The van der Waals surface area contributed by atoms with Gasteiger partial charge in [-0.25, -0.2) is 0 Å². The highest BCUT2D eigenvalue weighted by Gasteiger charge is 2.49. The van der Waals surface area contributed by atoms with Crippen molar-refractivity contribution in [2.45, 2.75) is 51.2 Å². The highest BCUT2D eigenvalue weighted by molar-refractivity contribution is 5.79. The number of nitrogens with zero attached hydrogens (tertiary/aromatic N) is 1. The Hall–Kier alpha value is -1.59. The van der Waals surface area contributed by atoms with Crippen molar-refractivity contribution in [2.75, 3.05) is 32.7 Å². The van der Waals surface area contributed by atoms with Gasteiger partial charge < -0.3 is 14.8 Å². The van der Waals surface area contributed by atoms with E-state index in [9.17, 15) is 4.79 Å². The average Bonchev–Trinajstić information content (AvgIpc) is 2.94. The van der Waals surface area contributed by atoms with Crippen molar-refractivity contribution < 1.29 is 14.3 Å². The molecule has 0 aliphatic carbocycles. The minimum absolute atomic E-state index is 0.0433. The summed E-state index contributed by atoms with van der Waals surface area (Å²) in [5.74, 6) is 1.05. The molecule has 1 unspecified atom stereocenters. The minimum Gasteiger partial charge on any atom is -0.490 e. The number of hydrogen-bond donors (Lipinski definition) is 1. The van der Waals surface area contributed by atoms with Gasteiger partial charge in [0, 0.05) is 26.1 Å². The SMILES string of the molecule is Cc1ccccc1OC1CCN(CC2CC3(CCNCC3)C(=O)O2)CC1. The van der Waals surface area contributed by atoms with Gasteiger partial charge in [0.25, 0.3) is 0 Å². The Bertz CT molecular complexity index is 634. The number of aryl methyl sites for hydroxylation is 1. The van der Waals surface area contributed by atoms with E-state index in [4.69, 9.17) is 9.47 Å². The van der Waals surface area contributed by atoms with Gasteiger partial charge in [-0.05, 0) is 57.3 Å². The predicted molar refractivity (Wildman–Crippen MR) is 100 cm³/mol. The van der Waals surface area contributed by atoms with Crippen molar-refractivity contribution in [3.05, 3.63) is 29.8 Å². The van der Waals surface area contributed by atoms with Crippen molar-refractivity contribution in [3.8, 4) is 5.75 Å². The van der Waals surface area contributed by atoms with Gasteiger partial charge in [-0.2, -0.15) is 0 Å². The molecule has 5 heteroatoms. The molecule has 26 heavy (non-hydrogen) atoms. The van der Waals surface area contributed by atoms with Crippen molar-refractivity contribution in [2.24, 2.45) is 5.41 Å². The van der Waals surface area contributed by atoms with Crippen LogP contribution < -0.4 is 10.1 Å². The fourth-order valence-corrected chi connectivity index (χ4v) is 4.62. The van der Waals surface area contributed by atoms with E-state index in [1.807, 2.05) is 12.1 Å². The molecule has 0 saturated carbocycles. The number of esters is 1. The summed E-state index contributed by atoms with van der Waals surface area (Å²) in [6, 6.07) is 8.22. The van der Waals surface area contributed by atoms with Crippen LogP contribution in [0.2, 0.25) is 0 Å². The highest BCUT2D eigenvalue weighted by atomic mass is 16.6. The van der Waals surface area contributed by atoms with Crippen LogP contribution in [0.25, 0.3) is 0 Å². The molecule has 0 aromatic heterocycles. The third kappa shape index (κ3) is 3.74. The van der Waals surface area contributed by atoms with Crippen LogP contribution in [0.4, 0.5) is 0 Å². The molecule has 3 fully saturated rings. The zero-order chi connectivity index (χ0) is 18.0. The smallest absolute Gasteiger partial charge is 0.312 e. The molecule has 0 bridgehead atoms. The molecule has 3 heterocycles. The van der Waals surface area contributed by atoms with E-state index < -0.39 is 0 Å². The highest BCUT2D eigenvalue weighted by Crippen LogP contribution is 2.41. The molecule has 0 amide bonds. The number of ether oxygens (including phenoxy) is 2. The molecule has 0 radical (unpaired) electrons. The van der Waals surface area contributed by atoms with E-state index in [-0.39, 0.29) is 23.6 Å². The lowest BCUT2D eigenvalue weighted by atomic mass is 9.76. The number of para-hydroxylation sites is 1.